The van der Waals surface area contributed by atoms with Gasteiger partial charge in [-0.1, -0.05) is 0 Å². The Morgan fingerprint density at radius 2 is 2.26 bits per heavy atom. The second kappa shape index (κ2) is 5.58. The van der Waals surface area contributed by atoms with Gasteiger partial charge in [0.05, 0.1) is 15.7 Å². The van der Waals surface area contributed by atoms with Gasteiger partial charge in [0, 0.05) is 7.05 Å². The number of rotatable bonds is 4. The van der Waals surface area contributed by atoms with Gasteiger partial charge < -0.3 is 10.2 Å². The Bertz CT molecular complexity index is 600. The van der Waals surface area contributed by atoms with E-state index in [0.717, 1.165) is 11.3 Å². The molecule has 3 N–H and O–H groups in total. The lowest BCUT2D eigenvalue weighted by Gasteiger charge is -2.09. The fourth-order valence-electron chi connectivity index (χ4n) is 1.80. The van der Waals surface area contributed by atoms with Gasteiger partial charge in [0.15, 0.2) is 0 Å². The summed E-state index contributed by atoms with van der Waals surface area (Å²) in [6.45, 7) is 2.17. The van der Waals surface area contributed by atoms with Gasteiger partial charge in [0.25, 0.3) is 0 Å². The van der Waals surface area contributed by atoms with Crippen molar-refractivity contribution in [2.24, 2.45) is 12.9 Å². The summed E-state index contributed by atoms with van der Waals surface area (Å²) in [6, 6.07) is 4.27. The zero-order valence-corrected chi connectivity index (χ0v) is 12.2. The van der Waals surface area contributed by atoms with Gasteiger partial charge in [0.2, 0.25) is 0 Å². The van der Waals surface area contributed by atoms with E-state index in [-0.39, 0.29) is 5.82 Å². The molecule has 0 unspecified atom stereocenters. The highest BCUT2D eigenvalue weighted by molar-refractivity contribution is 9.10. The first kappa shape index (κ1) is 13.8. The van der Waals surface area contributed by atoms with E-state index in [2.05, 4.69) is 26.5 Å². The van der Waals surface area contributed by atoms with Crippen LogP contribution in [0.2, 0.25) is 0 Å². The third-order valence-electron chi connectivity index (χ3n) is 2.75. The van der Waals surface area contributed by atoms with Gasteiger partial charge in [-0.25, -0.2) is 10.2 Å². The number of aryl methyl sites for hydroxylation is 2. The highest BCUT2D eigenvalue weighted by atomic mass is 79.9. The van der Waals surface area contributed by atoms with Crippen molar-refractivity contribution in [3.8, 4) is 5.75 Å². The monoisotopic (exact) mass is 328 g/mol. The number of hydrogen-bond acceptors (Lipinski definition) is 4. The number of nitrogen functional groups attached to an aromatic ring is 1. The molecule has 0 atom stereocenters. The van der Waals surface area contributed by atoms with E-state index in [1.54, 1.807) is 17.8 Å². The van der Waals surface area contributed by atoms with Crippen molar-refractivity contribution in [2.75, 3.05) is 5.43 Å². The first-order chi connectivity index (χ1) is 9.02. The zero-order valence-electron chi connectivity index (χ0n) is 10.6. The number of aromatic nitrogens is 2. The van der Waals surface area contributed by atoms with Crippen molar-refractivity contribution >= 4 is 21.7 Å². The van der Waals surface area contributed by atoms with Crippen LogP contribution in [0.5, 0.6) is 5.75 Å². The van der Waals surface area contributed by atoms with E-state index in [1.165, 1.54) is 12.1 Å². The van der Waals surface area contributed by atoms with Gasteiger partial charge in [0.1, 0.15) is 24.0 Å². The Hall–Kier alpha value is -1.60. The molecule has 5 nitrogen and oxygen atoms in total. The molecule has 2 rings (SSSR count). The van der Waals surface area contributed by atoms with Gasteiger partial charge in [-0.3, -0.25) is 4.68 Å². The lowest BCUT2D eigenvalue weighted by Crippen LogP contribution is -2.13. The molecule has 0 saturated carbocycles. The van der Waals surface area contributed by atoms with E-state index in [0.29, 0.717) is 22.6 Å². The Morgan fingerprint density at radius 1 is 1.53 bits per heavy atom. The van der Waals surface area contributed by atoms with E-state index in [1.807, 2.05) is 6.92 Å². The maximum Gasteiger partial charge on any atom is 0.145 e. The predicted octanol–water partition coefficient (Wildman–Crippen LogP) is 2.49. The number of benzene rings is 1. The standard InChI is InChI=1S/C12H14BrFN4O/c1-7-9(12(16-15)18(2)17-7)6-19-11-4-3-8(14)5-10(11)13/h3-5,16H,6,15H2,1-2H3. The number of hydrazine groups is 1. The lowest BCUT2D eigenvalue weighted by molar-refractivity contribution is 0.303. The van der Waals surface area contributed by atoms with E-state index < -0.39 is 0 Å². The molecule has 0 bridgehead atoms. The predicted molar refractivity (Wildman–Crippen MR) is 74.2 cm³/mol. The average molecular weight is 329 g/mol. The van der Waals surface area contributed by atoms with Crippen LogP contribution in [-0.4, -0.2) is 9.78 Å². The van der Waals surface area contributed by atoms with Gasteiger partial charge in [-0.15, -0.1) is 0 Å². The highest BCUT2D eigenvalue weighted by Crippen LogP contribution is 2.27. The van der Waals surface area contributed by atoms with Crippen LogP contribution in [0.15, 0.2) is 22.7 Å². The van der Waals surface area contributed by atoms with E-state index in [9.17, 15) is 4.39 Å². The first-order valence-corrected chi connectivity index (χ1v) is 6.39. The summed E-state index contributed by atoms with van der Waals surface area (Å²) in [5, 5.41) is 4.25. The van der Waals surface area contributed by atoms with Crippen LogP contribution in [0.25, 0.3) is 0 Å². The molecule has 0 saturated heterocycles. The number of nitrogens with zero attached hydrogens (tertiary/aromatic N) is 2. The van der Waals surface area contributed by atoms with Crippen molar-refractivity contribution < 1.29 is 9.13 Å². The number of halogens is 2. The van der Waals surface area contributed by atoms with Gasteiger partial charge >= 0.3 is 0 Å². The highest BCUT2D eigenvalue weighted by Gasteiger charge is 2.13. The van der Waals surface area contributed by atoms with Gasteiger partial charge in [-0.05, 0) is 41.1 Å². The lowest BCUT2D eigenvalue weighted by atomic mass is 10.2. The molecule has 0 amide bonds. The summed E-state index contributed by atoms with van der Waals surface area (Å²) in [7, 11) is 1.79. The Kier molecular flexibility index (Phi) is 4.06. The minimum Gasteiger partial charge on any atom is -0.488 e. The summed E-state index contributed by atoms with van der Waals surface area (Å²) >= 11 is 3.25. The molecular formula is C12H14BrFN4O. The Morgan fingerprint density at radius 3 is 2.89 bits per heavy atom. The fourth-order valence-corrected chi connectivity index (χ4v) is 2.26. The summed E-state index contributed by atoms with van der Waals surface area (Å²) in [5.41, 5.74) is 4.28. The van der Waals surface area contributed by atoms with Crippen LogP contribution in [0.4, 0.5) is 10.2 Å². The first-order valence-electron chi connectivity index (χ1n) is 5.60. The molecule has 7 heteroatoms. The second-order valence-electron chi connectivity index (χ2n) is 4.04. The normalized spacial score (nSPS) is 10.6. The van der Waals surface area contributed by atoms with E-state index in [4.69, 9.17) is 10.6 Å². The zero-order chi connectivity index (χ0) is 14.0. The summed E-state index contributed by atoms with van der Waals surface area (Å²) < 4.78 is 20.8. The van der Waals surface area contributed by atoms with E-state index >= 15 is 0 Å². The SMILES string of the molecule is Cc1nn(C)c(NN)c1COc1ccc(F)cc1Br. The molecule has 1 aromatic carbocycles. The smallest absolute Gasteiger partial charge is 0.145 e. The Labute approximate surface area is 118 Å². The number of anilines is 1. The maximum atomic E-state index is 13.0. The molecular weight excluding hydrogens is 315 g/mol. The van der Waals surface area contributed by atoms with Crippen LogP contribution in [0, 0.1) is 12.7 Å². The van der Waals surface area contributed by atoms with Crippen molar-refractivity contribution in [2.45, 2.75) is 13.5 Å². The molecule has 0 spiro atoms. The third-order valence-corrected chi connectivity index (χ3v) is 3.37. The van der Waals surface area contributed by atoms with Crippen LogP contribution in [0.3, 0.4) is 0 Å². The van der Waals surface area contributed by atoms with Gasteiger partial charge in [-0.2, -0.15) is 5.10 Å². The fraction of sp³-hybridized carbons (Fsp3) is 0.250. The second-order valence-corrected chi connectivity index (χ2v) is 4.90. The van der Waals surface area contributed by atoms with Crippen LogP contribution < -0.4 is 16.0 Å². The van der Waals surface area contributed by atoms with Crippen molar-refractivity contribution in [1.29, 1.82) is 0 Å². The molecule has 0 radical (unpaired) electrons. The number of nitrogens with one attached hydrogen (secondary N) is 1. The number of nitrogens with two attached hydrogens (primary N) is 1. The Balaban J connectivity index is 2.19. The van der Waals surface area contributed by atoms with Crippen LogP contribution >= 0.6 is 15.9 Å². The van der Waals surface area contributed by atoms with Crippen LogP contribution in [0.1, 0.15) is 11.3 Å². The van der Waals surface area contributed by atoms with Crippen molar-refractivity contribution in [3.05, 3.63) is 39.7 Å². The molecule has 1 aromatic heterocycles. The minimum atomic E-state index is -0.318. The third kappa shape index (κ3) is 2.87. The van der Waals surface area contributed by atoms with Crippen LogP contribution in [-0.2, 0) is 13.7 Å². The molecule has 102 valence electrons. The summed E-state index contributed by atoms with van der Waals surface area (Å²) in [6.07, 6.45) is 0. The number of hydrogen-bond donors (Lipinski definition) is 2. The molecule has 0 aliphatic carbocycles. The minimum absolute atomic E-state index is 0.295. The molecule has 1 heterocycles. The largest absolute Gasteiger partial charge is 0.488 e. The quantitative estimate of drug-likeness (QED) is 0.668. The van der Waals surface area contributed by atoms with Crippen molar-refractivity contribution in [3.63, 3.8) is 0 Å². The topological polar surface area (TPSA) is 65.1 Å². The molecule has 0 fully saturated rings. The maximum absolute atomic E-state index is 13.0. The molecule has 0 aliphatic heterocycles. The summed E-state index contributed by atoms with van der Waals surface area (Å²) in [4.78, 5) is 0. The number of ether oxygens (including phenoxy) is 1. The molecule has 0 aliphatic rings. The molecule has 19 heavy (non-hydrogen) atoms. The average Bonchev–Trinajstić information content (AvgIpc) is 2.62. The molecule has 2 aromatic rings. The van der Waals surface area contributed by atoms with Crippen molar-refractivity contribution in [1.82, 2.24) is 9.78 Å². The summed E-state index contributed by atoms with van der Waals surface area (Å²) in [5.74, 6) is 6.39.